The van der Waals surface area contributed by atoms with Crippen molar-refractivity contribution in [2.45, 2.75) is 32.8 Å². The average molecular weight is 194 g/mol. The standard InChI is InChI=1S/C12H15FO/c1-8-3-4-9(13)7-10(8)11(14)12(2)5-6-12/h3-4,7,11,14H,5-6H2,1-2H3. The first-order chi connectivity index (χ1) is 6.53. The number of hydrogen-bond acceptors (Lipinski definition) is 1. The van der Waals surface area contributed by atoms with Crippen molar-refractivity contribution < 1.29 is 9.50 Å². The molecule has 1 N–H and O–H groups in total. The molecule has 1 atom stereocenters. The van der Waals surface area contributed by atoms with E-state index in [1.807, 2.05) is 13.8 Å². The van der Waals surface area contributed by atoms with E-state index in [-0.39, 0.29) is 11.2 Å². The maximum atomic E-state index is 13.0. The lowest BCUT2D eigenvalue weighted by Crippen LogP contribution is -2.11. The first-order valence-electron chi connectivity index (χ1n) is 4.97. The second kappa shape index (κ2) is 3.06. The Morgan fingerprint density at radius 2 is 2.07 bits per heavy atom. The van der Waals surface area contributed by atoms with Crippen LogP contribution in [0.1, 0.15) is 37.0 Å². The van der Waals surface area contributed by atoms with Crippen LogP contribution < -0.4 is 0 Å². The van der Waals surface area contributed by atoms with Crippen molar-refractivity contribution in [1.82, 2.24) is 0 Å². The third-order valence-electron chi connectivity index (χ3n) is 3.23. The van der Waals surface area contributed by atoms with Gasteiger partial charge in [0, 0.05) is 0 Å². The molecule has 2 heteroatoms. The van der Waals surface area contributed by atoms with Crippen LogP contribution in [0.25, 0.3) is 0 Å². The van der Waals surface area contributed by atoms with Gasteiger partial charge in [0.1, 0.15) is 5.82 Å². The summed E-state index contributed by atoms with van der Waals surface area (Å²) in [5, 5.41) is 10.1. The number of hydrogen-bond donors (Lipinski definition) is 1. The van der Waals surface area contributed by atoms with E-state index in [0.29, 0.717) is 0 Å². The molecule has 1 unspecified atom stereocenters. The van der Waals surface area contributed by atoms with Crippen LogP contribution in [-0.4, -0.2) is 5.11 Å². The molecule has 0 aliphatic heterocycles. The highest BCUT2D eigenvalue weighted by Gasteiger charge is 2.45. The molecule has 14 heavy (non-hydrogen) atoms. The highest BCUT2D eigenvalue weighted by atomic mass is 19.1. The minimum atomic E-state index is -0.516. The number of aryl methyl sites for hydroxylation is 1. The molecule has 0 saturated heterocycles. The quantitative estimate of drug-likeness (QED) is 0.767. The van der Waals surface area contributed by atoms with Gasteiger partial charge in [0.25, 0.3) is 0 Å². The van der Waals surface area contributed by atoms with E-state index >= 15 is 0 Å². The fourth-order valence-electron chi connectivity index (χ4n) is 1.75. The van der Waals surface area contributed by atoms with Gasteiger partial charge in [-0.2, -0.15) is 0 Å². The second-order valence-corrected chi connectivity index (χ2v) is 4.56. The Bertz CT molecular complexity index is 355. The Balaban J connectivity index is 2.35. The molecule has 1 aliphatic rings. The van der Waals surface area contributed by atoms with Crippen molar-refractivity contribution in [1.29, 1.82) is 0 Å². The zero-order chi connectivity index (χ0) is 10.3. The van der Waals surface area contributed by atoms with E-state index in [1.54, 1.807) is 6.07 Å². The van der Waals surface area contributed by atoms with Crippen molar-refractivity contribution in [2.75, 3.05) is 0 Å². The smallest absolute Gasteiger partial charge is 0.123 e. The fourth-order valence-corrected chi connectivity index (χ4v) is 1.75. The highest BCUT2D eigenvalue weighted by molar-refractivity contribution is 5.30. The van der Waals surface area contributed by atoms with Crippen molar-refractivity contribution >= 4 is 0 Å². The number of aliphatic hydroxyl groups is 1. The SMILES string of the molecule is Cc1ccc(F)cc1C(O)C1(C)CC1. The van der Waals surface area contributed by atoms with Gasteiger partial charge in [0.15, 0.2) is 0 Å². The van der Waals surface area contributed by atoms with Crippen LogP contribution in [-0.2, 0) is 0 Å². The van der Waals surface area contributed by atoms with Gasteiger partial charge >= 0.3 is 0 Å². The Labute approximate surface area is 83.6 Å². The molecule has 0 heterocycles. The Morgan fingerprint density at radius 3 is 2.64 bits per heavy atom. The van der Waals surface area contributed by atoms with Crippen LogP contribution in [0.4, 0.5) is 4.39 Å². The predicted octanol–water partition coefficient (Wildman–Crippen LogP) is 2.97. The molecule has 1 nitrogen and oxygen atoms in total. The van der Waals surface area contributed by atoms with Crippen LogP contribution in [0.15, 0.2) is 18.2 Å². The van der Waals surface area contributed by atoms with Gasteiger partial charge in [-0.05, 0) is 48.4 Å². The summed E-state index contributed by atoms with van der Waals surface area (Å²) in [5.74, 6) is -0.270. The third-order valence-corrected chi connectivity index (χ3v) is 3.23. The van der Waals surface area contributed by atoms with E-state index in [0.717, 1.165) is 24.0 Å². The Kier molecular flexibility index (Phi) is 2.11. The summed E-state index contributed by atoms with van der Waals surface area (Å²) in [5.41, 5.74) is 1.69. The monoisotopic (exact) mass is 194 g/mol. The van der Waals surface area contributed by atoms with E-state index < -0.39 is 6.10 Å². The molecule has 2 rings (SSSR count). The Hall–Kier alpha value is -0.890. The summed E-state index contributed by atoms with van der Waals surface area (Å²) >= 11 is 0. The van der Waals surface area contributed by atoms with Crippen LogP contribution >= 0.6 is 0 Å². The molecule has 0 amide bonds. The summed E-state index contributed by atoms with van der Waals surface area (Å²) in [6, 6.07) is 4.60. The summed E-state index contributed by atoms with van der Waals surface area (Å²) in [4.78, 5) is 0. The van der Waals surface area contributed by atoms with Crippen LogP contribution in [0.3, 0.4) is 0 Å². The van der Waals surface area contributed by atoms with Crippen molar-refractivity contribution in [3.63, 3.8) is 0 Å². The van der Waals surface area contributed by atoms with Gasteiger partial charge in [-0.25, -0.2) is 4.39 Å². The van der Waals surface area contributed by atoms with E-state index in [2.05, 4.69) is 0 Å². The molecule has 1 aromatic carbocycles. The molecule has 0 aromatic heterocycles. The molecule has 0 radical (unpaired) electrons. The molecule has 76 valence electrons. The molecular formula is C12H15FO. The van der Waals surface area contributed by atoms with Crippen molar-refractivity contribution in [3.8, 4) is 0 Å². The van der Waals surface area contributed by atoms with E-state index in [4.69, 9.17) is 0 Å². The zero-order valence-corrected chi connectivity index (χ0v) is 8.55. The molecule has 1 fully saturated rings. The maximum absolute atomic E-state index is 13.0. The summed E-state index contributed by atoms with van der Waals surface area (Å²) in [6.45, 7) is 3.95. The largest absolute Gasteiger partial charge is 0.388 e. The minimum absolute atomic E-state index is 0.0153. The second-order valence-electron chi connectivity index (χ2n) is 4.56. The summed E-state index contributed by atoms with van der Waals surface area (Å²) in [6.07, 6.45) is 1.55. The third kappa shape index (κ3) is 1.55. The number of halogens is 1. The van der Waals surface area contributed by atoms with Crippen LogP contribution in [0, 0.1) is 18.2 Å². The van der Waals surface area contributed by atoms with Gasteiger partial charge < -0.3 is 5.11 Å². The van der Waals surface area contributed by atoms with Crippen molar-refractivity contribution in [2.24, 2.45) is 5.41 Å². The lowest BCUT2D eigenvalue weighted by molar-refractivity contribution is 0.103. The zero-order valence-electron chi connectivity index (χ0n) is 8.55. The maximum Gasteiger partial charge on any atom is 0.123 e. The topological polar surface area (TPSA) is 20.2 Å². The first kappa shape index (κ1) is 9.66. The Morgan fingerprint density at radius 1 is 1.43 bits per heavy atom. The summed E-state index contributed by atoms with van der Waals surface area (Å²) in [7, 11) is 0. The summed E-state index contributed by atoms with van der Waals surface area (Å²) < 4.78 is 13.0. The average Bonchev–Trinajstić information content (AvgIpc) is 2.88. The van der Waals surface area contributed by atoms with E-state index in [9.17, 15) is 9.50 Å². The normalized spacial score (nSPS) is 20.6. The fraction of sp³-hybridized carbons (Fsp3) is 0.500. The predicted molar refractivity (Wildman–Crippen MR) is 53.4 cm³/mol. The van der Waals surface area contributed by atoms with Gasteiger partial charge in [0.05, 0.1) is 6.10 Å². The number of aliphatic hydroxyl groups excluding tert-OH is 1. The molecule has 1 saturated carbocycles. The van der Waals surface area contributed by atoms with Gasteiger partial charge in [0.2, 0.25) is 0 Å². The van der Waals surface area contributed by atoms with Gasteiger partial charge in [-0.3, -0.25) is 0 Å². The molecule has 0 spiro atoms. The van der Waals surface area contributed by atoms with Gasteiger partial charge in [-0.15, -0.1) is 0 Å². The number of benzene rings is 1. The number of rotatable bonds is 2. The molecule has 0 bridgehead atoms. The van der Waals surface area contributed by atoms with Gasteiger partial charge in [-0.1, -0.05) is 13.0 Å². The molecule has 1 aromatic rings. The first-order valence-corrected chi connectivity index (χ1v) is 4.97. The lowest BCUT2D eigenvalue weighted by Gasteiger charge is -2.19. The highest BCUT2D eigenvalue weighted by Crippen LogP contribution is 2.54. The van der Waals surface area contributed by atoms with Crippen molar-refractivity contribution in [3.05, 3.63) is 35.1 Å². The molecular weight excluding hydrogens is 179 g/mol. The lowest BCUT2D eigenvalue weighted by atomic mass is 9.92. The van der Waals surface area contributed by atoms with Crippen LogP contribution in [0.2, 0.25) is 0 Å². The van der Waals surface area contributed by atoms with Crippen LogP contribution in [0.5, 0.6) is 0 Å². The van der Waals surface area contributed by atoms with E-state index in [1.165, 1.54) is 12.1 Å². The minimum Gasteiger partial charge on any atom is -0.388 e. The molecule has 1 aliphatic carbocycles.